The van der Waals surface area contributed by atoms with Crippen LogP contribution in [0.25, 0.3) is 0 Å². The second-order valence-corrected chi connectivity index (χ2v) is 7.56. The third-order valence-electron chi connectivity index (χ3n) is 5.52. The first-order valence-electron chi connectivity index (χ1n) is 9.26. The van der Waals surface area contributed by atoms with Crippen LogP contribution in [-0.2, 0) is 23.9 Å². The van der Waals surface area contributed by atoms with Crippen molar-refractivity contribution in [1.82, 2.24) is 19.7 Å². The lowest BCUT2D eigenvalue weighted by Crippen LogP contribution is -2.46. The number of hydrogen-bond acceptors (Lipinski definition) is 4. The molecule has 2 N–H and O–H groups in total. The first-order valence-corrected chi connectivity index (χ1v) is 9.26. The third-order valence-corrected chi connectivity index (χ3v) is 5.52. The molecule has 162 valence electrons. The molecule has 1 fully saturated rings. The molecule has 3 heterocycles. The van der Waals surface area contributed by atoms with Crippen LogP contribution < -0.4 is 5.73 Å². The molecule has 3 atom stereocenters. The van der Waals surface area contributed by atoms with Crippen LogP contribution in [0.4, 0.5) is 26.3 Å². The monoisotopic (exact) mass is 433 g/mol. The van der Waals surface area contributed by atoms with Gasteiger partial charge < -0.3 is 15.2 Å². The number of alkyl halides is 3. The summed E-state index contributed by atoms with van der Waals surface area (Å²) < 4.78 is 80.5. The van der Waals surface area contributed by atoms with E-state index < -0.39 is 53.5 Å². The van der Waals surface area contributed by atoms with Gasteiger partial charge in [0.2, 0.25) is 11.7 Å². The lowest BCUT2D eigenvalue weighted by atomic mass is 10.0. The van der Waals surface area contributed by atoms with E-state index in [1.54, 1.807) is 0 Å². The third kappa shape index (κ3) is 3.53. The van der Waals surface area contributed by atoms with Crippen molar-refractivity contribution < 1.29 is 31.1 Å². The second kappa shape index (κ2) is 7.25. The SMILES string of the molecule is N[C@@H](CC(=O)N1[C@H]2CC[C@@H]1c1nnc(C(F)(F)F)n1C2)Cc1cc(F)c(F)cc1F. The van der Waals surface area contributed by atoms with Crippen molar-refractivity contribution in [3.05, 3.63) is 46.8 Å². The van der Waals surface area contributed by atoms with Crippen molar-refractivity contribution >= 4 is 5.91 Å². The zero-order valence-corrected chi connectivity index (χ0v) is 15.5. The number of nitrogens with two attached hydrogens (primary N) is 1. The molecular weight excluding hydrogens is 416 g/mol. The maximum absolute atomic E-state index is 13.8. The van der Waals surface area contributed by atoms with Crippen molar-refractivity contribution in [3.63, 3.8) is 0 Å². The second-order valence-electron chi connectivity index (χ2n) is 7.56. The first kappa shape index (κ1) is 20.6. The van der Waals surface area contributed by atoms with E-state index in [1.807, 2.05) is 0 Å². The van der Waals surface area contributed by atoms with Crippen LogP contribution in [0.3, 0.4) is 0 Å². The highest BCUT2D eigenvalue weighted by Gasteiger charge is 2.48. The van der Waals surface area contributed by atoms with Crippen molar-refractivity contribution in [2.24, 2.45) is 5.73 Å². The Morgan fingerprint density at radius 3 is 2.53 bits per heavy atom. The predicted molar refractivity (Wildman–Crippen MR) is 90.2 cm³/mol. The molecule has 0 spiro atoms. The van der Waals surface area contributed by atoms with Gasteiger partial charge in [-0.05, 0) is 30.9 Å². The van der Waals surface area contributed by atoms with Crippen molar-refractivity contribution in [1.29, 1.82) is 0 Å². The number of benzene rings is 1. The minimum absolute atomic E-state index is 0.0737. The molecule has 12 heteroatoms. The Kier molecular flexibility index (Phi) is 4.99. The number of rotatable bonds is 4. The Balaban J connectivity index is 1.48. The van der Waals surface area contributed by atoms with E-state index in [2.05, 4.69) is 10.2 Å². The molecule has 0 aliphatic carbocycles. The van der Waals surface area contributed by atoms with Gasteiger partial charge >= 0.3 is 6.18 Å². The van der Waals surface area contributed by atoms with Crippen molar-refractivity contribution in [3.8, 4) is 0 Å². The fourth-order valence-corrected chi connectivity index (χ4v) is 4.26. The van der Waals surface area contributed by atoms with E-state index >= 15 is 0 Å². The number of hydrogen-bond donors (Lipinski definition) is 1. The smallest absolute Gasteiger partial charge is 0.328 e. The Morgan fingerprint density at radius 2 is 1.83 bits per heavy atom. The van der Waals surface area contributed by atoms with E-state index in [-0.39, 0.29) is 30.8 Å². The van der Waals surface area contributed by atoms with Gasteiger partial charge in [0, 0.05) is 25.1 Å². The molecule has 1 aromatic heterocycles. The molecule has 0 saturated carbocycles. The standard InChI is InChI=1S/C18H17F6N5O/c19-11-6-13(21)12(20)4-8(11)3-9(25)5-15(30)29-10-1-2-14(29)16-26-27-17(18(22,23)24)28(16)7-10/h4,6,9-10,14H,1-3,5,7,25H2/t9-,10+,14-/m1/s1. The summed E-state index contributed by atoms with van der Waals surface area (Å²) in [5, 5.41) is 6.89. The number of aromatic nitrogens is 3. The molecule has 30 heavy (non-hydrogen) atoms. The number of halogens is 6. The molecule has 1 saturated heterocycles. The molecule has 0 unspecified atom stereocenters. The summed E-state index contributed by atoms with van der Waals surface area (Å²) in [6.45, 7) is -0.0769. The summed E-state index contributed by atoms with van der Waals surface area (Å²) in [4.78, 5) is 14.3. The Bertz CT molecular complexity index is 990. The van der Waals surface area contributed by atoms with E-state index in [1.165, 1.54) is 4.90 Å². The van der Waals surface area contributed by atoms with Crippen LogP contribution in [0.5, 0.6) is 0 Å². The zero-order valence-electron chi connectivity index (χ0n) is 15.5. The van der Waals surface area contributed by atoms with Gasteiger partial charge in [-0.15, -0.1) is 10.2 Å². The largest absolute Gasteiger partial charge is 0.451 e. The lowest BCUT2D eigenvalue weighted by Gasteiger charge is -2.36. The van der Waals surface area contributed by atoms with Crippen molar-refractivity contribution in [2.75, 3.05) is 0 Å². The van der Waals surface area contributed by atoms with E-state index in [9.17, 15) is 31.1 Å². The Hall–Kier alpha value is -2.63. The number of carbonyl (C=O) groups is 1. The minimum Gasteiger partial charge on any atom is -0.328 e. The van der Waals surface area contributed by atoms with Gasteiger partial charge in [0.1, 0.15) is 5.82 Å². The van der Waals surface area contributed by atoms with E-state index in [4.69, 9.17) is 5.73 Å². The van der Waals surface area contributed by atoms with Crippen LogP contribution in [0.1, 0.15) is 42.5 Å². The average molecular weight is 433 g/mol. The molecule has 1 amide bonds. The molecule has 4 rings (SSSR count). The minimum atomic E-state index is -4.65. The number of fused-ring (bicyclic) bond motifs is 4. The fourth-order valence-electron chi connectivity index (χ4n) is 4.26. The quantitative estimate of drug-likeness (QED) is 0.594. The number of carbonyl (C=O) groups excluding carboxylic acids is 1. The summed E-state index contributed by atoms with van der Waals surface area (Å²) in [5.41, 5.74) is 5.76. The molecule has 6 nitrogen and oxygen atoms in total. The Morgan fingerprint density at radius 1 is 1.13 bits per heavy atom. The molecule has 1 aromatic carbocycles. The molecule has 2 bridgehead atoms. The van der Waals surface area contributed by atoms with Crippen molar-refractivity contribution in [2.45, 2.75) is 56.5 Å². The fraction of sp³-hybridized carbons (Fsp3) is 0.500. The molecular formula is C18H17F6N5O. The molecule has 2 aliphatic rings. The lowest BCUT2D eigenvalue weighted by molar-refractivity contribution is -0.148. The maximum atomic E-state index is 13.8. The van der Waals surface area contributed by atoms with E-state index in [0.717, 1.165) is 4.57 Å². The summed E-state index contributed by atoms with van der Waals surface area (Å²) in [6, 6.07) is -0.885. The number of nitrogens with zero attached hydrogens (tertiary/aromatic N) is 4. The van der Waals surface area contributed by atoms with Crippen LogP contribution in [0.15, 0.2) is 12.1 Å². The summed E-state index contributed by atoms with van der Waals surface area (Å²) in [7, 11) is 0. The maximum Gasteiger partial charge on any atom is 0.451 e. The molecule has 2 aliphatic heterocycles. The highest BCUT2D eigenvalue weighted by atomic mass is 19.4. The Labute approximate surface area is 166 Å². The van der Waals surface area contributed by atoms with Gasteiger partial charge in [-0.25, -0.2) is 13.2 Å². The topological polar surface area (TPSA) is 77.0 Å². The van der Waals surface area contributed by atoms with Gasteiger partial charge in [0.15, 0.2) is 17.5 Å². The van der Waals surface area contributed by atoms with Gasteiger partial charge in [-0.2, -0.15) is 13.2 Å². The van der Waals surface area contributed by atoms with Gasteiger partial charge in [0.25, 0.3) is 0 Å². The van der Waals surface area contributed by atoms with Gasteiger partial charge in [-0.3, -0.25) is 4.79 Å². The van der Waals surface area contributed by atoms with E-state index in [0.29, 0.717) is 25.0 Å². The van der Waals surface area contributed by atoms with Crippen LogP contribution in [0.2, 0.25) is 0 Å². The summed E-state index contributed by atoms with van der Waals surface area (Å²) >= 11 is 0. The molecule has 2 aromatic rings. The molecule has 0 radical (unpaired) electrons. The highest BCUT2D eigenvalue weighted by Crippen LogP contribution is 2.43. The van der Waals surface area contributed by atoms with Crippen LogP contribution >= 0.6 is 0 Å². The summed E-state index contributed by atoms with van der Waals surface area (Å²) in [5.74, 6) is -4.95. The highest BCUT2D eigenvalue weighted by molar-refractivity contribution is 5.78. The zero-order chi connectivity index (χ0) is 21.8. The normalized spacial score (nSPS) is 21.6. The first-order chi connectivity index (χ1) is 14.1. The van der Waals surface area contributed by atoms with Gasteiger partial charge in [-0.1, -0.05) is 0 Å². The van der Waals surface area contributed by atoms with Gasteiger partial charge in [0.05, 0.1) is 12.1 Å². The average Bonchev–Trinajstić information content (AvgIpc) is 3.21. The van der Waals surface area contributed by atoms with Crippen LogP contribution in [-0.4, -0.2) is 37.7 Å². The summed E-state index contributed by atoms with van der Waals surface area (Å²) in [6.07, 6.45) is -4.13. The van der Waals surface area contributed by atoms with Crippen LogP contribution in [0, 0.1) is 17.5 Å². The number of amides is 1. The predicted octanol–water partition coefficient (Wildman–Crippen LogP) is 2.72.